The van der Waals surface area contributed by atoms with E-state index in [0.29, 0.717) is 0 Å². The molecule has 1 fully saturated rings. The predicted molar refractivity (Wildman–Crippen MR) is 63.5 cm³/mol. The molecule has 1 aliphatic rings. The number of rotatable bonds is 4. The van der Waals surface area contributed by atoms with Gasteiger partial charge in [0.25, 0.3) is 0 Å². The average molecular weight is 197 g/mol. The smallest absolute Gasteiger partial charge is 0.00922 e. The van der Waals surface area contributed by atoms with Gasteiger partial charge in [0, 0.05) is 6.04 Å². The molecule has 0 amide bonds. The van der Waals surface area contributed by atoms with Gasteiger partial charge in [0.15, 0.2) is 0 Å². The number of nitrogens with one attached hydrogen (secondary N) is 1. The Morgan fingerprint density at radius 2 is 2.00 bits per heavy atom. The fourth-order valence-corrected chi connectivity index (χ4v) is 2.84. The first-order valence-corrected chi connectivity index (χ1v) is 6.45. The molecule has 1 heteroatoms. The maximum Gasteiger partial charge on any atom is 0.00922 e. The second kappa shape index (κ2) is 6.44. The van der Waals surface area contributed by atoms with E-state index in [-0.39, 0.29) is 0 Å². The maximum absolute atomic E-state index is 3.52. The molecule has 0 saturated heterocycles. The first kappa shape index (κ1) is 12.0. The van der Waals surface area contributed by atoms with E-state index in [4.69, 9.17) is 0 Å². The molecule has 0 aromatic rings. The quantitative estimate of drug-likeness (QED) is 0.679. The largest absolute Gasteiger partial charge is 0.317 e. The molecule has 1 N–H and O–H groups in total. The SMILES string of the molecule is CCCC(NC)C1CCCC(C)CC1. The van der Waals surface area contributed by atoms with Gasteiger partial charge in [-0.15, -0.1) is 0 Å². The van der Waals surface area contributed by atoms with Crippen molar-refractivity contribution in [1.82, 2.24) is 5.32 Å². The van der Waals surface area contributed by atoms with Gasteiger partial charge in [-0.05, 0) is 38.1 Å². The molecular weight excluding hydrogens is 170 g/mol. The highest BCUT2D eigenvalue weighted by Gasteiger charge is 2.22. The fraction of sp³-hybridized carbons (Fsp3) is 1.00. The van der Waals surface area contributed by atoms with Crippen LogP contribution in [0, 0.1) is 11.8 Å². The monoisotopic (exact) mass is 197 g/mol. The summed E-state index contributed by atoms with van der Waals surface area (Å²) in [6.07, 6.45) is 9.94. The van der Waals surface area contributed by atoms with Crippen LogP contribution in [0.5, 0.6) is 0 Å². The topological polar surface area (TPSA) is 12.0 Å². The van der Waals surface area contributed by atoms with Crippen molar-refractivity contribution in [1.29, 1.82) is 0 Å². The minimum atomic E-state index is 0.783. The van der Waals surface area contributed by atoms with Crippen LogP contribution in [-0.2, 0) is 0 Å². The van der Waals surface area contributed by atoms with Gasteiger partial charge < -0.3 is 5.32 Å². The molecule has 0 radical (unpaired) electrons. The van der Waals surface area contributed by atoms with E-state index < -0.39 is 0 Å². The van der Waals surface area contributed by atoms with E-state index in [9.17, 15) is 0 Å². The lowest BCUT2D eigenvalue weighted by atomic mass is 9.89. The Labute approximate surface area is 89.7 Å². The summed E-state index contributed by atoms with van der Waals surface area (Å²) < 4.78 is 0. The van der Waals surface area contributed by atoms with Crippen LogP contribution in [0.4, 0.5) is 0 Å². The summed E-state index contributed by atoms with van der Waals surface area (Å²) in [6.45, 7) is 4.71. The van der Waals surface area contributed by atoms with Crippen molar-refractivity contribution in [2.45, 2.75) is 64.8 Å². The molecule has 84 valence electrons. The Morgan fingerprint density at radius 1 is 1.21 bits per heavy atom. The first-order chi connectivity index (χ1) is 6.77. The highest BCUT2D eigenvalue weighted by atomic mass is 14.9. The lowest BCUT2D eigenvalue weighted by Crippen LogP contribution is -2.33. The third-order valence-corrected chi connectivity index (χ3v) is 3.84. The minimum absolute atomic E-state index is 0.783. The summed E-state index contributed by atoms with van der Waals surface area (Å²) in [5.41, 5.74) is 0. The molecule has 0 aromatic heterocycles. The lowest BCUT2D eigenvalue weighted by Gasteiger charge is -2.25. The van der Waals surface area contributed by atoms with Crippen molar-refractivity contribution in [3.63, 3.8) is 0 Å². The van der Waals surface area contributed by atoms with E-state index in [1.165, 1.54) is 44.9 Å². The summed E-state index contributed by atoms with van der Waals surface area (Å²) in [4.78, 5) is 0. The normalized spacial score (nSPS) is 31.1. The summed E-state index contributed by atoms with van der Waals surface area (Å²) >= 11 is 0. The van der Waals surface area contributed by atoms with Crippen molar-refractivity contribution in [3.8, 4) is 0 Å². The molecule has 3 unspecified atom stereocenters. The lowest BCUT2D eigenvalue weighted by molar-refractivity contribution is 0.314. The third kappa shape index (κ3) is 3.61. The minimum Gasteiger partial charge on any atom is -0.317 e. The van der Waals surface area contributed by atoms with Crippen LogP contribution in [-0.4, -0.2) is 13.1 Å². The molecule has 3 atom stereocenters. The van der Waals surface area contributed by atoms with Gasteiger partial charge in [-0.3, -0.25) is 0 Å². The van der Waals surface area contributed by atoms with E-state index in [1.807, 2.05) is 0 Å². The first-order valence-electron chi connectivity index (χ1n) is 6.45. The summed E-state index contributed by atoms with van der Waals surface area (Å²) in [5, 5.41) is 3.52. The second-order valence-electron chi connectivity index (χ2n) is 5.06. The Hall–Kier alpha value is -0.0400. The molecule has 0 spiro atoms. The molecule has 0 aliphatic heterocycles. The summed E-state index contributed by atoms with van der Waals surface area (Å²) in [5.74, 6) is 1.92. The molecular formula is C13H27N. The van der Waals surface area contributed by atoms with Crippen molar-refractivity contribution >= 4 is 0 Å². The van der Waals surface area contributed by atoms with Crippen LogP contribution in [0.2, 0.25) is 0 Å². The van der Waals surface area contributed by atoms with Gasteiger partial charge in [0.05, 0.1) is 0 Å². The maximum atomic E-state index is 3.52. The Balaban J connectivity index is 2.40. The van der Waals surface area contributed by atoms with Gasteiger partial charge in [-0.25, -0.2) is 0 Å². The van der Waals surface area contributed by atoms with Crippen LogP contribution in [0.1, 0.15) is 58.8 Å². The van der Waals surface area contributed by atoms with Gasteiger partial charge >= 0.3 is 0 Å². The van der Waals surface area contributed by atoms with Crippen molar-refractivity contribution in [2.75, 3.05) is 7.05 Å². The molecule has 1 saturated carbocycles. The van der Waals surface area contributed by atoms with Crippen LogP contribution < -0.4 is 5.32 Å². The molecule has 1 nitrogen and oxygen atoms in total. The zero-order valence-corrected chi connectivity index (χ0v) is 10.2. The van der Waals surface area contributed by atoms with E-state index in [0.717, 1.165) is 17.9 Å². The van der Waals surface area contributed by atoms with Crippen LogP contribution >= 0.6 is 0 Å². The molecule has 0 bridgehead atoms. The highest BCUT2D eigenvalue weighted by Crippen LogP contribution is 2.30. The van der Waals surface area contributed by atoms with Crippen LogP contribution in [0.15, 0.2) is 0 Å². The van der Waals surface area contributed by atoms with Gasteiger partial charge in [-0.2, -0.15) is 0 Å². The van der Waals surface area contributed by atoms with Crippen molar-refractivity contribution in [3.05, 3.63) is 0 Å². The zero-order valence-electron chi connectivity index (χ0n) is 10.2. The summed E-state index contributed by atoms with van der Waals surface area (Å²) in [7, 11) is 2.13. The molecule has 14 heavy (non-hydrogen) atoms. The fourth-order valence-electron chi connectivity index (χ4n) is 2.84. The zero-order chi connectivity index (χ0) is 10.4. The molecule has 1 aliphatic carbocycles. The summed E-state index contributed by atoms with van der Waals surface area (Å²) in [6, 6.07) is 0.783. The van der Waals surface area contributed by atoms with Gasteiger partial charge in [-0.1, -0.05) is 39.5 Å². The van der Waals surface area contributed by atoms with Crippen molar-refractivity contribution in [2.24, 2.45) is 11.8 Å². The Bertz CT molecular complexity index is 144. The third-order valence-electron chi connectivity index (χ3n) is 3.84. The number of hydrogen-bond donors (Lipinski definition) is 1. The molecule has 0 aromatic carbocycles. The van der Waals surface area contributed by atoms with Crippen molar-refractivity contribution < 1.29 is 0 Å². The molecule has 1 rings (SSSR count). The second-order valence-corrected chi connectivity index (χ2v) is 5.06. The Morgan fingerprint density at radius 3 is 2.64 bits per heavy atom. The van der Waals surface area contributed by atoms with E-state index in [1.54, 1.807) is 0 Å². The Kier molecular flexibility index (Phi) is 5.54. The standard InChI is InChI=1S/C13H27N/c1-4-6-13(14-3)12-8-5-7-11(2)9-10-12/h11-14H,4-10H2,1-3H3. The predicted octanol–water partition coefficient (Wildman–Crippen LogP) is 3.59. The van der Waals surface area contributed by atoms with Crippen LogP contribution in [0.25, 0.3) is 0 Å². The van der Waals surface area contributed by atoms with E-state index in [2.05, 4.69) is 26.2 Å². The number of hydrogen-bond acceptors (Lipinski definition) is 1. The van der Waals surface area contributed by atoms with Crippen LogP contribution in [0.3, 0.4) is 0 Å². The highest BCUT2D eigenvalue weighted by molar-refractivity contribution is 4.78. The average Bonchev–Trinajstić information content (AvgIpc) is 2.40. The van der Waals surface area contributed by atoms with Gasteiger partial charge in [0.2, 0.25) is 0 Å². The van der Waals surface area contributed by atoms with Gasteiger partial charge in [0.1, 0.15) is 0 Å². The van der Waals surface area contributed by atoms with E-state index >= 15 is 0 Å². The molecule has 0 heterocycles.